The van der Waals surface area contributed by atoms with E-state index in [4.69, 9.17) is 5.73 Å². The number of nitrogens with zero attached hydrogens (tertiary/aromatic N) is 3. The third-order valence-electron chi connectivity index (χ3n) is 3.34. The number of aromatic nitrogens is 2. The SMILES string of the molecule is CCN(C(=O)C(F)F)/C(=C\N)C(C)=O.CCn1c(C(C)=O)cnc1C(F)F. The lowest BCUT2D eigenvalue weighted by Crippen LogP contribution is -2.37. The highest BCUT2D eigenvalue weighted by molar-refractivity contribution is 5.97. The van der Waals surface area contributed by atoms with E-state index in [1.165, 1.54) is 24.6 Å². The normalized spacial score (nSPS) is 11.3. The molecule has 1 amide bonds. The molecule has 0 bridgehead atoms. The van der Waals surface area contributed by atoms with Crippen LogP contribution in [0.25, 0.3) is 0 Å². The van der Waals surface area contributed by atoms with Crippen molar-refractivity contribution < 1.29 is 31.9 Å². The van der Waals surface area contributed by atoms with Crippen molar-refractivity contribution in [1.82, 2.24) is 14.5 Å². The molecule has 0 spiro atoms. The second-order valence-electron chi connectivity index (χ2n) is 5.09. The number of rotatable bonds is 7. The van der Waals surface area contributed by atoms with Gasteiger partial charge >= 0.3 is 6.43 Å². The van der Waals surface area contributed by atoms with Gasteiger partial charge in [-0.3, -0.25) is 14.4 Å². The largest absolute Gasteiger partial charge is 0.403 e. The molecule has 7 nitrogen and oxygen atoms in total. The van der Waals surface area contributed by atoms with E-state index in [1.54, 1.807) is 6.92 Å². The molecule has 2 N–H and O–H groups in total. The second-order valence-corrected chi connectivity index (χ2v) is 5.09. The van der Waals surface area contributed by atoms with Gasteiger partial charge in [-0.25, -0.2) is 13.8 Å². The molecule has 27 heavy (non-hydrogen) atoms. The average Bonchev–Trinajstić information content (AvgIpc) is 3.03. The van der Waals surface area contributed by atoms with Crippen LogP contribution in [-0.2, 0) is 16.1 Å². The molecule has 0 aliphatic rings. The summed E-state index contributed by atoms with van der Waals surface area (Å²) < 4.78 is 49.9. The standard InChI is InChI=1S/C8H12F2N2O2.C8H10F2N2O/c1-3-12(8(14)7(9)10)6(4-11)5(2)13;1-3-12-6(5(2)13)4-11-8(12)7(9)10/h4,7H,3,11H2,1-2H3;4,7H,3H2,1-2H3/b6-4-;. The minimum atomic E-state index is -3.13. The van der Waals surface area contributed by atoms with E-state index >= 15 is 0 Å². The number of carbonyl (C=O) groups excluding carboxylic acids is 3. The first-order valence-corrected chi connectivity index (χ1v) is 7.90. The van der Waals surface area contributed by atoms with Gasteiger partial charge in [0.1, 0.15) is 11.4 Å². The minimum absolute atomic E-state index is 0.0220. The van der Waals surface area contributed by atoms with Gasteiger partial charge in [0.05, 0.1) is 6.20 Å². The van der Waals surface area contributed by atoms with E-state index in [1.807, 2.05) is 0 Å². The van der Waals surface area contributed by atoms with Gasteiger partial charge in [0.2, 0.25) is 0 Å². The molecule has 1 aromatic rings. The predicted molar refractivity (Wildman–Crippen MR) is 89.2 cm³/mol. The molecule has 1 rings (SSSR count). The number of ketones is 2. The molecule has 0 saturated heterocycles. The second kappa shape index (κ2) is 11.1. The fourth-order valence-electron chi connectivity index (χ4n) is 2.14. The Morgan fingerprint density at radius 3 is 2.07 bits per heavy atom. The number of imidazole rings is 1. The molecule has 0 fully saturated rings. The smallest absolute Gasteiger partial charge is 0.316 e. The van der Waals surface area contributed by atoms with Crippen molar-refractivity contribution in [3.63, 3.8) is 0 Å². The monoisotopic (exact) mass is 394 g/mol. The molecular formula is C16H22F4N4O3. The molecule has 0 atom stereocenters. The van der Waals surface area contributed by atoms with Crippen molar-refractivity contribution in [3.8, 4) is 0 Å². The fourth-order valence-corrected chi connectivity index (χ4v) is 2.14. The Labute approximate surface area is 153 Å². The summed E-state index contributed by atoms with van der Waals surface area (Å²) in [5.41, 5.74) is 5.09. The van der Waals surface area contributed by atoms with E-state index in [0.29, 0.717) is 11.4 Å². The number of allylic oxidation sites excluding steroid dienone is 1. The number of Topliss-reactive ketones (excluding diaryl/α,β-unsaturated/α-hetero) is 2. The van der Waals surface area contributed by atoms with E-state index in [2.05, 4.69) is 4.98 Å². The van der Waals surface area contributed by atoms with Crippen molar-refractivity contribution in [2.75, 3.05) is 6.54 Å². The first kappa shape index (κ1) is 24.3. The molecule has 11 heteroatoms. The number of nitrogens with two attached hydrogens (primary N) is 1. The topological polar surface area (TPSA) is 98.3 Å². The van der Waals surface area contributed by atoms with Gasteiger partial charge in [0.15, 0.2) is 17.4 Å². The zero-order valence-corrected chi connectivity index (χ0v) is 15.4. The summed E-state index contributed by atoms with van der Waals surface area (Å²) in [4.78, 5) is 36.9. The summed E-state index contributed by atoms with van der Waals surface area (Å²) in [6, 6.07) is 0. The maximum Gasteiger partial charge on any atom is 0.316 e. The molecule has 0 unspecified atom stereocenters. The maximum atomic E-state index is 12.3. The van der Waals surface area contributed by atoms with Crippen molar-refractivity contribution >= 4 is 17.5 Å². The van der Waals surface area contributed by atoms with Gasteiger partial charge < -0.3 is 15.2 Å². The van der Waals surface area contributed by atoms with Crippen LogP contribution in [0.1, 0.15) is 50.4 Å². The first-order valence-electron chi connectivity index (χ1n) is 7.90. The number of halogens is 4. The van der Waals surface area contributed by atoms with Crippen molar-refractivity contribution in [3.05, 3.63) is 29.6 Å². The molecule has 0 saturated carbocycles. The number of likely N-dealkylation sites (N-methyl/N-ethyl adjacent to an activating group) is 1. The minimum Gasteiger partial charge on any atom is -0.403 e. The lowest BCUT2D eigenvalue weighted by Gasteiger charge is -2.21. The van der Waals surface area contributed by atoms with Gasteiger partial charge in [0, 0.05) is 33.1 Å². The van der Waals surface area contributed by atoms with Gasteiger partial charge in [0.25, 0.3) is 12.3 Å². The summed E-state index contributed by atoms with van der Waals surface area (Å²) in [5, 5.41) is 0. The van der Waals surface area contributed by atoms with Crippen LogP contribution < -0.4 is 5.73 Å². The highest BCUT2D eigenvalue weighted by atomic mass is 19.3. The fraction of sp³-hybridized carbons (Fsp3) is 0.500. The Kier molecular flexibility index (Phi) is 9.97. The van der Waals surface area contributed by atoms with Crippen molar-refractivity contribution in [2.45, 2.75) is 47.1 Å². The Morgan fingerprint density at radius 1 is 1.22 bits per heavy atom. The molecule has 0 aliphatic carbocycles. The number of hydrogen-bond donors (Lipinski definition) is 1. The van der Waals surface area contributed by atoms with Crippen molar-refractivity contribution in [2.24, 2.45) is 5.73 Å². The number of amides is 1. The zero-order valence-electron chi connectivity index (χ0n) is 15.4. The third-order valence-corrected chi connectivity index (χ3v) is 3.34. The van der Waals surface area contributed by atoms with Crippen LogP contribution in [0.3, 0.4) is 0 Å². The summed E-state index contributed by atoms with van der Waals surface area (Å²) >= 11 is 0. The molecule has 152 valence electrons. The predicted octanol–water partition coefficient (Wildman–Crippen LogP) is 2.53. The Hall–Kier alpha value is -2.72. The summed E-state index contributed by atoms with van der Waals surface area (Å²) in [5.74, 6) is -2.53. The lowest BCUT2D eigenvalue weighted by atomic mass is 10.3. The van der Waals surface area contributed by atoms with Gasteiger partial charge in [-0.05, 0) is 13.8 Å². The van der Waals surface area contributed by atoms with Crippen LogP contribution >= 0.6 is 0 Å². The van der Waals surface area contributed by atoms with Gasteiger partial charge in [-0.2, -0.15) is 8.78 Å². The third kappa shape index (κ3) is 6.50. The number of hydrogen-bond acceptors (Lipinski definition) is 5. The molecule has 0 aromatic carbocycles. The van der Waals surface area contributed by atoms with E-state index in [0.717, 1.165) is 13.1 Å². The highest BCUT2D eigenvalue weighted by Gasteiger charge is 2.26. The highest BCUT2D eigenvalue weighted by Crippen LogP contribution is 2.19. The van der Waals surface area contributed by atoms with E-state index in [-0.39, 0.29) is 29.5 Å². The van der Waals surface area contributed by atoms with Crippen LogP contribution in [0.2, 0.25) is 0 Å². The summed E-state index contributed by atoms with van der Waals surface area (Å²) in [7, 11) is 0. The Bertz CT molecular complexity index is 702. The molecule has 0 aliphatic heterocycles. The van der Waals surface area contributed by atoms with Crippen LogP contribution in [0.15, 0.2) is 18.1 Å². The maximum absolute atomic E-state index is 12.3. The zero-order chi connectivity index (χ0) is 21.3. The molecule has 0 radical (unpaired) electrons. The summed E-state index contributed by atoms with van der Waals surface area (Å²) in [6.45, 7) is 5.96. The Balaban J connectivity index is 0.000000501. The van der Waals surface area contributed by atoms with Crippen LogP contribution in [0, 0.1) is 0 Å². The number of carbonyl (C=O) groups is 3. The van der Waals surface area contributed by atoms with E-state index in [9.17, 15) is 31.9 Å². The lowest BCUT2D eigenvalue weighted by molar-refractivity contribution is -0.142. The molecule has 1 heterocycles. The van der Waals surface area contributed by atoms with Crippen LogP contribution in [0.4, 0.5) is 17.6 Å². The van der Waals surface area contributed by atoms with Gasteiger partial charge in [-0.15, -0.1) is 0 Å². The van der Waals surface area contributed by atoms with Gasteiger partial charge in [-0.1, -0.05) is 0 Å². The quantitative estimate of drug-likeness (QED) is 0.435. The Morgan fingerprint density at radius 2 is 1.78 bits per heavy atom. The van der Waals surface area contributed by atoms with E-state index < -0.39 is 24.5 Å². The van der Waals surface area contributed by atoms with Crippen molar-refractivity contribution in [1.29, 1.82) is 0 Å². The summed E-state index contributed by atoms with van der Waals surface area (Å²) in [6.07, 6.45) is -3.73. The number of alkyl halides is 4. The average molecular weight is 394 g/mol. The van der Waals surface area contributed by atoms with Crippen LogP contribution in [-0.4, -0.2) is 44.9 Å². The van der Waals surface area contributed by atoms with Crippen LogP contribution in [0.5, 0.6) is 0 Å². The molecule has 1 aromatic heterocycles. The first-order chi connectivity index (χ1) is 12.5. The molecular weight excluding hydrogens is 372 g/mol.